The Morgan fingerprint density at radius 3 is 2.10 bits per heavy atom. The molecule has 1 unspecified atom stereocenters. The topological polar surface area (TPSA) is 63.2 Å². The lowest BCUT2D eigenvalue weighted by Crippen LogP contribution is -2.43. The lowest BCUT2D eigenvalue weighted by atomic mass is 9.84. The van der Waals surface area contributed by atoms with Crippen LogP contribution in [-0.4, -0.2) is 52.1 Å². The third-order valence-electron chi connectivity index (χ3n) is 6.50. The van der Waals surface area contributed by atoms with E-state index in [0.29, 0.717) is 13.0 Å². The number of rotatable bonds is 9. The first kappa shape index (κ1) is 27.9. The summed E-state index contributed by atoms with van der Waals surface area (Å²) in [5.41, 5.74) is 0.286. The Labute approximate surface area is 191 Å². The number of hydrogen-bond acceptors (Lipinski definition) is 6. The van der Waals surface area contributed by atoms with Gasteiger partial charge in [0, 0.05) is 0 Å². The van der Waals surface area contributed by atoms with E-state index >= 15 is 0 Å². The molecule has 1 rings (SSSR count). The molecule has 0 amide bonds. The fraction of sp³-hybridized carbons (Fsp3) is 0.783. The highest BCUT2D eigenvalue weighted by Crippen LogP contribution is 2.40. The predicted molar refractivity (Wildman–Crippen MR) is 129 cm³/mol. The zero-order valence-corrected chi connectivity index (χ0v) is 22.5. The van der Waals surface area contributed by atoms with Crippen molar-refractivity contribution in [3.8, 4) is 0 Å². The zero-order chi connectivity index (χ0) is 24.1. The highest BCUT2D eigenvalue weighted by Gasteiger charge is 2.50. The minimum atomic E-state index is -1.95. The number of carbonyl (C=O) groups excluding carboxylic acids is 1. The first-order valence-electron chi connectivity index (χ1n) is 11.2. The summed E-state index contributed by atoms with van der Waals surface area (Å²) in [6, 6.07) is 0. The highest BCUT2D eigenvalue weighted by atomic mass is 28.4. The average Bonchev–Trinajstić information content (AvgIpc) is 2.78. The van der Waals surface area contributed by atoms with E-state index in [4.69, 9.17) is 23.2 Å². The van der Waals surface area contributed by atoms with E-state index in [9.17, 15) is 4.79 Å². The molecular weight excluding hydrogens is 411 g/mol. The van der Waals surface area contributed by atoms with Crippen LogP contribution in [0.15, 0.2) is 23.7 Å². The molecule has 31 heavy (non-hydrogen) atoms. The molecular formula is C23H43BO6Si. The Balaban J connectivity index is 2.96. The molecule has 1 aliphatic rings. The van der Waals surface area contributed by atoms with E-state index in [-0.39, 0.29) is 17.7 Å². The Morgan fingerprint density at radius 2 is 1.61 bits per heavy atom. The van der Waals surface area contributed by atoms with Crippen molar-refractivity contribution in [1.82, 2.24) is 0 Å². The normalized spacial score (nSPS) is 20.2. The van der Waals surface area contributed by atoms with Crippen molar-refractivity contribution in [2.45, 2.75) is 104 Å². The molecule has 1 aliphatic heterocycles. The molecule has 0 spiro atoms. The molecule has 178 valence electrons. The van der Waals surface area contributed by atoms with Crippen LogP contribution in [-0.2, 0) is 23.2 Å². The molecule has 0 N–H and O–H groups in total. The summed E-state index contributed by atoms with van der Waals surface area (Å²) < 4.78 is 28.7. The molecule has 0 aromatic rings. The number of hydrogen-bond donors (Lipinski definition) is 0. The van der Waals surface area contributed by atoms with Crippen LogP contribution in [0.3, 0.4) is 0 Å². The maximum Gasteiger partial charge on any atom is 0.508 e. The van der Waals surface area contributed by atoms with Crippen LogP contribution in [0.1, 0.15) is 68.7 Å². The lowest BCUT2D eigenvalue weighted by molar-refractivity contribution is 0.00578. The van der Waals surface area contributed by atoms with Crippen molar-refractivity contribution >= 4 is 21.6 Å². The smallest absolute Gasteiger partial charge is 0.435 e. The first-order chi connectivity index (χ1) is 14.0. The molecule has 0 aromatic heterocycles. The summed E-state index contributed by atoms with van der Waals surface area (Å²) in [5.74, 6) is 2.03. The minimum Gasteiger partial charge on any atom is -0.435 e. The maximum absolute atomic E-state index is 11.3. The zero-order valence-electron chi connectivity index (χ0n) is 21.5. The van der Waals surface area contributed by atoms with Crippen LogP contribution < -0.4 is 0 Å². The van der Waals surface area contributed by atoms with Crippen molar-refractivity contribution in [3.63, 3.8) is 0 Å². The standard InChI is InChI=1S/C23H43BO6Si/c1-12-26-20(25)27-16-14-13-15-19(18(2)28-31(10,11)21(3,4)5)17-24-29-22(6,7)23(8,9)30-24/h13-14,17-18H,12,15-16H2,1-11H3/b14-13+,19-17-. The Morgan fingerprint density at radius 1 is 1.06 bits per heavy atom. The van der Waals surface area contributed by atoms with E-state index < -0.39 is 32.8 Å². The van der Waals surface area contributed by atoms with Crippen LogP contribution in [0, 0.1) is 0 Å². The summed E-state index contributed by atoms with van der Waals surface area (Å²) in [6.45, 7) is 23.7. The average molecular weight is 454 g/mol. The van der Waals surface area contributed by atoms with E-state index in [1.807, 2.05) is 45.8 Å². The Bertz CT molecular complexity index is 647. The fourth-order valence-corrected chi connectivity index (χ4v) is 4.15. The first-order valence-corrected chi connectivity index (χ1v) is 14.1. The van der Waals surface area contributed by atoms with Gasteiger partial charge in [-0.15, -0.1) is 0 Å². The second kappa shape index (κ2) is 10.7. The van der Waals surface area contributed by atoms with E-state index in [2.05, 4.69) is 40.8 Å². The second-order valence-corrected chi connectivity index (χ2v) is 15.3. The molecule has 0 saturated carbocycles. The molecule has 6 nitrogen and oxygen atoms in total. The predicted octanol–water partition coefficient (Wildman–Crippen LogP) is 6.07. The largest absolute Gasteiger partial charge is 0.508 e. The van der Waals surface area contributed by atoms with E-state index in [0.717, 1.165) is 5.57 Å². The molecule has 0 aliphatic carbocycles. The van der Waals surface area contributed by atoms with Gasteiger partial charge in [0.25, 0.3) is 0 Å². The van der Waals surface area contributed by atoms with Gasteiger partial charge in [-0.3, -0.25) is 0 Å². The monoisotopic (exact) mass is 454 g/mol. The minimum absolute atomic E-state index is 0.0875. The maximum atomic E-state index is 11.3. The summed E-state index contributed by atoms with van der Waals surface area (Å²) >= 11 is 0. The van der Waals surface area contributed by atoms with Gasteiger partial charge in [-0.2, -0.15) is 0 Å². The van der Waals surface area contributed by atoms with E-state index in [1.54, 1.807) is 6.92 Å². The summed E-state index contributed by atoms with van der Waals surface area (Å²) in [4.78, 5) is 11.3. The Kier molecular flexibility index (Phi) is 9.63. The van der Waals surface area contributed by atoms with Gasteiger partial charge in [-0.25, -0.2) is 4.79 Å². The van der Waals surface area contributed by atoms with Crippen molar-refractivity contribution in [1.29, 1.82) is 0 Å². The highest BCUT2D eigenvalue weighted by molar-refractivity contribution is 6.74. The molecule has 0 aromatic carbocycles. The molecule has 1 atom stereocenters. The van der Waals surface area contributed by atoms with Gasteiger partial charge in [0.2, 0.25) is 0 Å². The molecule has 0 bridgehead atoms. The Hall–Kier alpha value is -1.09. The second-order valence-electron chi connectivity index (χ2n) is 10.6. The van der Waals surface area contributed by atoms with Gasteiger partial charge in [0.1, 0.15) is 6.61 Å². The summed E-state index contributed by atoms with van der Waals surface area (Å²) in [6.07, 6.45) is 3.69. The third-order valence-corrected chi connectivity index (χ3v) is 11.1. The van der Waals surface area contributed by atoms with Gasteiger partial charge in [0.05, 0.1) is 23.9 Å². The molecule has 1 saturated heterocycles. The van der Waals surface area contributed by atoms with Crippen LogP contribution in [0.25, 0.3) is 0 Å². The third kappa shape index (κ3) is 8.08. The van der Waals surface area contributed by atoms with Crippen LogP contribution in [0.5, 0.6) is 0 Å². The quantitative estimate of drug-likeness (QED) is 0.239. The van der Waals surface area contributed by atoms with Gasteiger partial charge < -0.3 is 23.2 Å². The number of ether oxygens (including phenoxy) is 2. The van der Waals surface area contributed by atoms with Gasteiger partial charge in [-0.05, 0) is 71.7 Å². The number of allylic oxidation sites excluding steroid dienone is 1. The van der Waals surface area contributed by atoms with Crippen molar-refractivity contribution in [3.05, 3.63) is 23.7 Å². The summed E-state index contributed by atoms with van der Waals surface area (Å²) in [7, 11) is -2.39. The van der Waals surface area contributed by atoms with Crippen LogP contribution in [0.4, 0.5) is 4.79 Å². The van der Waals surface area contributed by atoms with Gasteiger partial charge >= 0.3 is 13.3 Å². The lowest BCUT2D eigenvalue weighted by Gasteiger charge is -2.39. The van der Waals surface area contributed by atoms with Crippen molar-refractivity contribution < 1.29 is 28.0 Å². The van der Waals surface area contributed by atoms with Crippen molar-refractivity contribution in [2.75, 3.05) is 13.2 Å². The molecule has 1 fully saturated rings. The van der Waals surface area contributed by atoms with Crippen LogP contribution in [0.2, 0.25) is 18.1 Å². The molecule has 1 heterocycles. The SMILES string of the molecule is CCOC(=O)OC/C=C/C/C(=C/B1OC(C)(C)C(C)(C)O1)C(C)O[Si](C)(C)C(C)(C)C. The molecule has 0 radical (unpaired) electrons. The number of carbonyl (C=O) groups is 1. The van der Waals surface area contributed by atoms with Gasteiger partial charge in [0.15, 0.2) is 8.32 Å². The fourth-order valence-electron chi connectivity index (χ4n) is 2.76. The van der Waals surface area contributed by atoms with Crippen LogP contribution >= 0.6 is 0 Å². The molecule has 8 heteroatoms. The van der Waals surface area contributed by atoms with Crippen molar-refractivity contribution in [2.24, 2.45) is 0 Å². The van der Waals surface area contributed by atoms with Gasteiger partial charge in [-0.1, -0.05) is 38.9 Å². The summed E-state index contributed by atoms with van der Waals surface area (Å²) in [5, 5.41) is 0.111. The van der Waals surface area contributed by atoms with E-state index in [1.165, 1.54) is 0 Å².